The van der Waals surface area contributed by atoms with Crippen molar-refractivity contribution in [2.24, 2.45) is 0 Å². The van der Waals surface area contributed by atoms with Crippen molar-refractivity contribution < 1.29 is 4.79 Å². The molecule has 2 aliphatic heterocycles. The fraction of sp³-hybridized carbons (Fsp3) is 0.588. The van der Waals surface area contributed by atoms with Gasteiger partial charge in [-0.15, -0.1) is 0 Å². The number of anilines is 3. The minimum absolute atomic E-state index is 0.113. The van der Waals surface area contributed by atoms with Crippen LogP contribution >= 0.6 is 0 Å². The van der Waals surface area contributed by atoms with Gasteiger partial charge in [0, 0.05) is 24.7 Å². The van der Waals surface area contributed by atoms with Crippen molar-refractivity contribution in [3.63, 3.8) is 0 Å². The number of nitrogen functional groups attached to an aromatic ring is 1. The Balaban J connectivity index is 1.93. The maximum Gasteiger partial charge on any atom is 0.224 e. The lowest BCUT2D eigenvalue weighted by atomic mass is 9.95. The molecule has 114 valence electrons. The van der Waals surface area contributed by atoms with Gasteiger partial charge in [0.15, 0.2) is 0 Å². The third-order valence-corrected chi connectivity index (χ3v) is 4.71. The molecular formula is C17H25N3O. The van der Waals surface area contributed by atoms with Gasteiger partial charge in [-0.3, -0.25) is 4.79 Å². The number of aryl methyl sites for hydroxylation is 1. The van der Waals surface area contributed by atoms with E-state index in [1.54, 1.807) is 0 Å². The number of carbonyl (C=O) groups excluding carboxylic acids is 1. The molecule has 0 aliphatic carbocycles. The highest BCUT2D eigenvalue weighted by Gasteiger charge is 2.25. The molecule has 3 N–H and O–H groups in total. The molecule has 21 heavy (non-hydrogen) atoms. The fourth-order valence-corrected chi connectivity index (χ4v) is 3.64. The van der Waals surface area contributed by atoms with Crippen molar-refractivity contribution in [2.45, 2.75) is 57.9 Å². The van der Waals surface area contributed by atoms with Crippen LogP contribution in [0.15, 0.2) is 12.1 Å². The van der Waals surface area contributed by atoms with Crippen LogP contribution in [0.5, 0.6) is 0 Å². The summed E-state index contributed by atoms with van der Waals surface area (Å²) in [5, 5.41) is 2.99. The number of carbonyl (C=O) groups is 1. The van der Waals surface area contributed by atoms with Crippen molar-refractivity contribution >= 4 is 23.0 Å². The maximum absolute atomic E-state index is 11.6. The highest BCUT2D eigenvalue weighted by atomic mass is 16.1. The van der Waals surface area contributed by atoms with E-state index in [4.69, 9.17) is 5.73 Å². The van der Waals surface area contributed by atoms with Gasteiger partial charge in [-0.2, -0.15) is 0 Å². The molecule has 2 aliphatic rings. The highest BCUT2D eigenvalue weighted by Crippen LogP contribution is 2.37. The summed E-state index contributed by atoms with van der Waals surface area (Å²) in [7, 11) is 0. The Morgan fingerprint density at radius 1 is 1.33 bits per heavy atom. The summed E-state index contributed by atoms with van der Waals surface area (Å²) >= 11 is 0. The van der Waals surface area contributed by atoms with Crippen molar-refractivity contribution in [1.82, 2.24) is 0 Å². The van der Waals surface area contributed by atoms with Gasteiger partial charge in [0.05, 0.1) is 11.4 Å². The van der Waals surface area contributed by atoms with Crippen LogP contribution in [0.2, 0.25) is 0 Å². The van der Waals surface area contributed by atoms with E-state index < -0.39 is 0 Å². The molecule has 4 heteroatoms. The van der Waals surface area contributed by atoms with Gasteiger partial charge in [0.1, 0.15) is 0 Å². The molecule has 0 aromatic heterocycles. The average molecular weight is 287 g/mol. The highest BCUT2D eigenvalue weighted by molar-refractivity contribution is 5.95. The first-order valence-electron chi connectivity index (χ1n) is 8.18. The van der Waals surface area contributed by atoms with E-state index in [1.807, 2.05) is 0 Å². The summed E-state index contributed by atoms with van der Waals surface area (Å²) in [6, 6.07) is 4.74. The lowest BCUT2D eigenvalue weighted by Crippen LogP contribution is -2.40. The molecule has 0 radical (unpaired) electrons. The molecular weight excluding hydrogens is 262 g/mol. The third-order valence-electron chi connectivity index (χ3n) is 4.71. The standard InChI is InChI=1S/C17H25N3O/c1-2-5-13-6-3-4-9-20(13)16-11-15-12(10-14(16)18)7-8-17(21)19-15/h10-11,13H,2-9,18H2,1H3,(H,19,21). The van der Waals surface area contributed by atoms with Crippen LogP contribution in [0.1, 0.15) is 51.0 Å². The topological polar surface area (TPSA) is 58.4 Å². The third kappa shape index (κ3) is 2.85. The number of hydrogen-bond donors (Lipinski definition) is 2. The minimum atomic E-state index is 0.113. The summed E-state index contributed by atoms with van der Waals surface area (Å²) < 4.78 is 0. The van der Waals surface area contributed by atoms with Crippen LogP contribution in [0.3, 0.4) is 0 Å². The molecule has 1 atom stereocenters. The van der Waals surface area contributed by atoms with Gasteiger partial charge >= 0.3 is 0 Å². The summed E-state index contributed by atoms with van der Waals surface area (Å²) in [6.45, 7) is 3.31. The molecule has 1 aromatic rings. The average Bonchev–Trinajstić information content (AvgIpc) is 2.48. The van der Waals surface area contributed by atoms with E-state index in [0.29, 0.717) is 12.5 Å². The zero-order valence-electron chi connectivity index (χ0n) is 12.8. The molecule has 3 rings (SSSR count). The Labute approximate surface area is 126 Å². The number of rotatable bonds is 3. The molecule has 1 aromatic carbocycles. The normalized spacial score (nSPS) is 21.9. The zero-order valence-corrected chi connectivity index (χ0v) is 12.8. The first-order chi connectivity index (χ1) is 10.2. The van der Waals surface area contributed by atoms with Crippen molar-refractivity contribution in [2.75, 3.05) is 22.5 Å². The van der Waals surface area contributed by atoms with E-state index in [0.717, 1.165) is 30.0 Å². The zero-order chi connectivity index (χ0) is 14.8. The van der Waals surface area contributed by atoms with Crippen molar-refractivity contribution in [3.05, 3.63) is 17.7 Å². The molecule has 1 fully saturated rings. The first-order valence-corrected chi connectivity index (χ1v) is 8.18. The van der Waals surface area contributed by atoms with E-state index in [2.05, 4.69) is 29.3 Å². The smallest absolute Gasteiger partial charge is 0.224 e. The van der Waals surface area contributed by atoms with Crippen LogP contribution in [-0.4, -0.2) is 18.5 Å². The number of nitrogens with one attached hydrogen (secondary N) is 1. The van der Waals surface area contributed by atoms with Crippen LogP contribution in [0, 0.1) is 0 Å². The monoisotopic (exact) mass is 287 g/mol. The molecule has 2 heterocycles. The van der Waals surface area contributed by atoms with E-state index >= 15 is 0 Å². The van der Waals surface area contributed by atoms with Gasteiger partial charge in [0.25, 0.3) is 0 Å². The van der Waals surface area contributed by atoms with Crippen molar-refractivity contribution in [3.8, 4) is 0 Å². The number of amides is 1. The van der Waals surface area contributed by atoms with Crippen LogP contribution in [0.4, 0.5) is 17.1 Å². The number of piperidine rings is 1. The SMILES string of the molecule is CCCC1CCCCN1c1cc2c(cc1N)CCC(=O)N2. The molecule has 0 bridgehead atoms. The van der Waals surface area contributed by atoms with Crippen LogP contribution < -0.4 is 16.0 Å². The second-order valence-corrected chi connectivity index (χ2v) is 6.25. The Kier molecular flexibility index (Phi) is 4.04. The predicted molar refractivity (Wildman–Crippen MR) is 87.7 cm³/mol. The van der Waals surface area contributed by atoms with Gasteiger partial charge < -0.3 is 16.0 Å². The van der Waals surface area contributed by atoms with E-state index in [1.165, 1.54) is 37.7 Å². The van der Waals surface area contributed by atoms with Crippen LogP contribution in [-0.2, 0) is 11.2 Å². The molecule has 1 unspecified atom stereocenters. The number of nitrogens with two attached hydrogens (primary N) is 1. The Morgan fingerprint density at radius 3 is 3.00 bits per heavy atom. The number of fused-ring (bicyclic) bond motifs is 1. The van der Waals surface area contributed by atoms with Gasteiger partial charge in [-0.1, -0.05) is 13.3 Å². The van der Waals surface area contributed by atoms with Gasteiger partial charge in [-0.25, -0.2) is 0 Å². The maximum atomic E-state index is 11.6. The van der Waals surface area contributed by atoms with Crippen molar-refractivity contribution in [1.29, 1.82) is 0 Å². The number of benzene rings is 1. The summed E-state index contributed by atoms with van der Waals surface area (Å²) in [5.74, 6) is 0.113. The second kappa shape index (κ2) is 5.96. The molecule has 0 spiro atoms. The fourth-order valence-electron chi connectivity index (χ4n) is 3.64. The Bertz CT molecular complexity index is 539. The summed E-state index contributed by atoms with van der Waals surface area (Å²) in [6.07, 6.45) is 7.55. The minimum Gasteiger partial charge on any atom is -0.397 e. The molecule has 0 saturated carbocycles. The van der Waals surface area contributed by atoms with E-state index in [-0.39, 0.29) is 5.91 Å². The molecule has 1 saturated heterocycles. The van der Waals surface area contributed by atoms with Crippen LogP contribution in [0.25, 0.3) is 0 Å². The Hall–Kier alpha value is -1.71. The first kappa shape index (κ1) is 14.2. The van der Waals surface area contributed by atoms with Gasteiger partial charge in [0.2, 0.25) is 5.91 Å². The quantitative estimate of drug-likeness (QED) is 0.839. The largest absolute Gasteiger partial charge is 0.397 e. The summed E-state index contributed by atoms with van der Waals surface area (Å²) in [4.78, 5) is 14.1. The lowest BCUT2D eigenvalue weighted by molar-refractivity contribution is -0.116. The Morgan fingerprint density at radius 2 is 2.19 bits per heavy atom. The number of nitrogens with zero attached hydrogens (tertiary/aromatic N) is 1. The molecule has 1 amide bonds. The molecule has 4 nitrogen and oxygen atoms in total. The number of hydrogen-bond acceptors (Lipinski definition) is 3. The lowest BCUT2D eigenvalue weighted by Gasteiger charge is -2.39. The van der Waals surface area contributed by atoms with E-state index in [9.17, 15) is 4.79 Å². The second-order valence-electron chi connectivity index (χ2n) is 6.25. The predicted octanol–water partition coefficient (Wildman–Crippen LogP) is 3.31. The summed E-state index contributed by atoms with van der Waals surface area (Å²) in [5.41, 5.74) is 10.4. The van der Waals surface area contributed by atoms with Gasteiger partial charge in [-0.05, 0) is 49.8 Å².